The van der Waals surface area contributed by atoms with Crippen molar-refractivity contribution in [3.8, 4) is 0 Å². The molecule has 0 spiro atoms. The molecule has 23 heavy (non-hydrogen) atoms. The molecule has 2 rings (SSSR count). The molecule has 2 aromatic rings. The van der Waals surface area contributed by atoms with E-state index in [9.17, 15) is 4.79 Å². The van der Waals surface area contributed by atoms with Gasteiger partial charge in [-0.3, -0.25) is 4.79 Å². The highest BCUT2D eigenvalue weighted by atomic mass is 16.5. The van der Waals surface area contributed by atoms with Crippen LogP contribution in [0.3, 0.4) is 0 Å². The molecule has 0 bridgehead atoms. The van der Waals surface area contributed by atoms with E-state index in [-0.39, 0.29) is 5.91 Å². The maximum absolute atomic E-state index is 12.0. The summed E-state index contributed by atoms with van der Waals surface area (Å²) < 4.78 is 4.95. The van der Waals surface area contributed by atoms with Crippen LogP contribution in [0.25, 0.3) is 0 Å². The largest absolute Gasteiger partial charge is 0.385 e. The van der Waals surface area contributed by atoms with Crippen molar-refractivity contribution in [3.05, 3.63) is 59.9 Å². The smallest absolute Gasteiger partial charge is 0.269 e. The van der Waals surface area contributed by atoms with Gasteiger partial charge in [0.2, 0.25) is 0 Å². The van der Waals surface area contributed by atoms with Gasteiger partial charge >= 0.3 is 0 Å². The third-order valence-electron chi connectivity index (χ3n) is 3.49. The molecule has 0 aliphatic heterocycles. The molecule has 1 heterocycles. The number of anilines is 1. The quantitative estimate of drug-likeness (QED) is 0.761. The molecule has 122 valence electrons. The van der Waals surface area contributed by atoms with Crippen LogP contribution in [0.1, 0.15) is 22.5 Å². The Bertz CT molecular complexity index is 599. The van der Waals surface area contributed by atoms with Crippen LogP contribution in [0.5, 0.6) is 0 Å². The van der Waals surface area contributed by atoms with Gasteiger partial charge in [0.15, 0.2) is 0 Å². The van der Waals surface area contributed by atoms with Crippen LogP contribution in [0.4, 0.5) is 5.69 Å². The number of nitrogens with one attached hydrogen (secondary N) is 1. The van der Waals surface area contributed by atoms with E-state index in [0.717, 1.165) is 18.7 Å². The Balaban J connectivity index is 1.89. The summed E-state index contributed by atoms with van der Waals surface area (Å²) in [5.74, 6) is -0.154. The van der Waals surface area contributed by atoms with E-state index in [1.807, 2.05) is 31.3 Å². The Kier molecular flexibility index (Phi) is 6.56. The lowest BCUT2D eigenvalue weighted by atomic mass is 10.2. The summed E-state index contributed by atoms with van der Waals surface area (Å²) in [5, 5.41) is 2.83. The summed E-state index contributed by atoms with van der Waals surface area (Å²) in [6, 6.07) is 13.9. The third kappa shape index (κ3) is 5.38. The highest BCUT2D eigenvalue weighted by Crippen LogP contribution is 2.14. The number of hydrogen-bond donors (Lipinski definition) is 1. The molecule has 0 atom stereocenters. The highest BCUT2D eigenvalue weighted by molar-refractivity contribution is 5.92. The molecule has 0 fully saturated rings. The predicted octanol–water partition coefficient (Wildman–Crippen LogP) is 2.48. The standard InChI is InChI=1S/C18H23N3O2/c1-21(14-15-7-4-3-5-8-15)16-9-10-17(20-13-16)18(22)19-11-6-12-23-2/h3-5,7-10,13H,6,11-12,14H2,1-2H3,(H,19,22). The predicted molar refractivity (Wildman–Crippen MR) is 91.6 cm³/mol. The third-order valence-corrected chi connectivity index (χ3v) is 3.49. The van der Waals surface area contributed by atoms with Crippen LogP contribution in [-0.4, -0.2) is 38.2 Å². The number of methoxy groups -OCH3 is 1. The lowest BCUT2D eigenvalue weighted by molar-refractivity contribution is 0.0943. The minimum absolute atomic E-state index is 0.154. The van der Waals surface area contributed by atoms with Crippen molar-refractivity contribution in [1.29, 1.82) is 0 Å². The Morgan fingerprint density at radius 3 is 2.65 bits per heavy atom. The van der Waals surface area contributed by atoms with E-state index < -0.39 is 0 Å². The van der Waals surface area contributed by atoms with Crippen molar-refractivity contribution in [2.75, 3.05) is 32.2 Å². The minimum Gasteiger partial charge on any atom is -0.385 e. The summed E-state index contributed by atoms with van der Waals surface area (Å²) in [6.45, 7) is 2.02. The number of aromatic nitrogens is 1. The summed E-state index contributed by atoms with van der Waals surface area (Å²) in [5.41, 5.74) is 2.64. The van der Waals surface area contributed by atoms with Gasteiger partial charge in [-0.2, -0.15) is 0 Å². The summed E-state index contributed by atoms with van der Waals surface area (Å²) in [7, 11) is 3.66. The first-order chi connectivity index (χ1) is 11.2. The number of pyridine rings is 1. The molecule has 1 aromatic carbocycles. The molecule has 0 aliphatic rings. The second kappa shape index (κ2) is 8.90. The summed E-state index contributed by atoms with van der Waals surface area (Å²) >= 11 is 0. The van der Waals surface area contributed by atoms with Crippen molar-refractivity contribution in [2.45, 2.75) is 13.0 Å². The topological polar surface area (TPSA) is 54.5 Å². The van der Waals surface area contributed by atoms with Crippen molar-refractivity contribution in [1.82, 2.24) is 10.3 Å². The molecule has 1 N–H and O–H groups in total. The maximum atomic E-state index is 12.0. The van der Waals surface area contributed by atoms with Crippen LogP contribution in [0.2, 0.25) is 0 Å². The van der Waals surface area contributed by atoms with E-state index in [1.165, 1.54) is 5.56 Å². The number of nitrogens with zero attached hydrogens (tertiary/aromatic N) is 2. The van der Waals surface area contributed by atoms with Crippen molar-refractivity contribution < 1.29 is 9.53 Å². The molecular weight excluding hydrogens is 290 g/mol. The second-order valence-corrected chi connectivity index (χ2v) is 5.35. The zero-order chi connectivity index (χ0) is 16.5. The molecule has 0 unspecified atom stereocenters. The van der Waals surface area contributed by atoms with E-state index >= 15 is 0 Å². The van der Waals surface area contributed by atoms with E-state index in [2.05, 4.69) is 27.3 Å². The Morgan fingerprint density at radius 1 is 1.22 bits per heavy atom. The normalized spacial score (nSPS) is 10.3. The van der Waals surface area contributed by atoms with Gasteiger partial charge in [0, 0.05) is 33.9 Å². The fourth-order valence-electron chi connectivity index (χ4n) is 2.20. The number of rotatable bonds is 8. The molecule has 0 radical (unpaired) electrons. The van der Waals surface area contributed by atoms with Gasteiger partial charge < -0.3 is 15.0 Å². The maximum Gasteiger partial charge on any atom is 0.269 e. The SMILES string of the molecule is COCCCNC(=O)c1ccc(N(C)Cc2ccccc2)cn1. The lowest BCUT2D eigenvalue weighted by Gasteiger charge is -2.19. The van der Waals surface area contributed by atoms with E-state index in [1.54, 1.807) is 19.4 Å². The molecular formula is C18H23N3O2. The first-order valence-electron chi connectivity index (χ1n) is 7.69. The zero-order valence-electron chi connectivity index (χ0n) is 13.7. The molecule has 1 amide bonds. The Labute approximate surface area is 137 Å². The summed E-state index contributed by atoms with van der Waals surface area (Å²) in [6.07, 6.45) is 2.52. The fraction of sp³-hybridized carbons (Fsp3) is 0.333. The number of carbonyl (C=O) groups excluding carboxylic acids is 1. The first kappa shape index (κ1) is 17.0. The second-order valence-electron chi connectivity index (χ2n) is 5.35. The van der Waals surface area contributed by atoms with Gasteiger partial charge in [-0.25, -0.2) is 4.98 Å². The molecule has 1 aromatic heterocycles. The van der Waals surface area contributed by atoms with Gasteiger partial charge in [-0.15, -0.1) is 0 Å². The molecule has 0 saturated heterocycles. The average Bonchev–Trinajstić information content (AvgIpc) is 2.59. The molecule has 0 aliphatic carbocycles. The van der Waals surface area contributed by atoms with Crippen molar-refractivity contribution >= 4 is 11.6 Å². The van der Waals surface area contributed by atoms with Gasteiger partial charge in [-0.1, -0.05) is 30.3 Å². The minimum atomic E-state index is -0.154. The van der Waals surface area contributed by atoms with Crippen LogP contribution in [0.15, 0.2) is 48.7 Å². The van der Waals surface area contributed by atoms with Crippen LogP contribution >= 0.6 is 0 Å². The molecule has 5 heteroatoms. The van der Waals surface area contributed by atoms with Crippen LogP contribution in [0, 0.1) is 0 Å². The Morgan fingerprint density at radius 2 is 2.00 bits per heavy atom. The monoisotopic (exact) mass is 313 g/mol. The number of ether oxygens (including phenoxy) is 1. The highest BCUT2D eigenvalue weighted by Gasteiger charge is 2.08. The first-order valence-corrected chi connectivity index (χ1v) is 7.69. The number of benzene rings is 1. The van der Waals surface area contributed by atoms with Gasteiger partial charge in [0.1, 0.15) is 5.69 Å². The van der Waals surface area contributed by atoms with Crippen molar-refractivity contribution in [3.63, 3.8) is 0 Å². The number of hydrogen-bond acceptors (Lipinski definition) is 4. The Hall–Kier alpha value is -2.40. The van der Waals surface area contributed by atoms with E-state index in [0.29, 0.717) is 18.8 Å². The molecule has 0 saturated carbocycles. The zero-order valence-corrected chi connectivity index (χ0v) is 13.7. The lowest BCUT2D eigenvalue weighted by Crippen LogP contribution is -2.26. The number of carbonyl (C=O) groups is 1. The fourth-order valence-corrected chi connectivity index (χ4v) is 2.20. The van der Waals surface area contributed by atoms with Crippen LogP contribution < -0.4 is 10.2 Å². The van der Waals surface area contributed by atoms with Crippen molar-refractivity contribution in [2.24, 2.45) is 0 Å². The van der Waals surface area contributed by atoms with Gasteiger partial charge in [0.25, 0.3) is 5.91 Å². The van der Waals surface area contributed by atoms with Crippen LogP contribution in [-0.2, 0) is 11.3 Å². The number of amides is 1. The van der Waals surface area contributed by atoms with E-state index in [4.69, 9.17) is 4.74 Å². The van der Waals surface area contributed by atoms with Gasteiger partial charge in [0.05, 0.1) is 11.9 Å². The average molecular weight is 313 g/mol. The van der Waals surface area contributed by atoms with Gasteiger partial charge in [-0.05, 0) is 24.1 Å². The molecule has 5 nitrogen and oxygen atoms in total. The summed E-state index contributed by atoms with van der Waals surface area (Å²) in [4.78, 5) is 18.3.